The lowest BCUT2D eigenvalue weighted by atomic mass is 10.1. The zero-order valence-electron chi connectivity index (χ0n) is 27.6. The molecule has 0 aliphatic carbocycles. The Morgan fingerprint density at radius 3 is 2.47 bits per heavy atom. The first-order valence-electron chi connectivity index (χ1n) is 15.8. The van der Waals surface area contributed by atoms with Gasteiger partial charge in [0, 0.05) is 77.9 Å². The van der Waals surface area contributed by atoms with E-state index in [1.165, 1.54) is 17.6 Å². The van der Waals surface area contributed by atoms with Gasteiger partial charge in [-0.05, 0) is 31.8 Å². The summed E-state index contributed by atoms with van der Waals surface area (Å²) in [5.41, 5.74) is 0.130. The van der Waals surface area contributed by atoms with Crippen LogP contribution in [0.25, 0.3) is 16.9 Å². The molecule has 264 valence electrons. The third-order valence-electron chi connectivity index (χ3n) is 8.01. The summed E-state index contributed by atoms with van der Waals surface area (Å²) >= 11 is 0. The molecule has 18 heteroatoms. The molecular formula is C31H40F3N11O4. The topological polar surface area (TPSA) is 153 Å². The lowest BCUT2D eigenvalue weighted by Crippen LogP contribution is -2.50. The fourth-order valence-electron chi connectivity index (χ4n) is 5.48. The van der Waals surface area contributed by atoms with E-state index in [1.807, 2.05) is 30.0 Å². The minimum absolute atomic E-state index is 0.0831. The molecule has 0 unspecified atom stereocenters. The molecule has 5 heterocycles. The number of nitrogens with zero attached hydrogens (tertiary/aromatic N) is 8. The summed E-state index contributed by atoms with van der Waals surface area (Å²) in [5.74, 6) is -0.457. The maximum Gasteiger partial charge on any atom is 0.417 e. The van der Waals surface area contributed by atoms with Crippen molar-refractivity contribution in [3.63, 3.8) is 0 Å². The number of piperazine rings is 1. The number of amides is 4. The number of aromatic nitrogens is 4. The molecule has 2 saturated heterocycles. The molecule has 3 N–H and O–H groups in total. The number of carbonyl (C=O) groups is 3. The molecule has 3 aromatic rings. The highest BCUT2D eigenvalue weighted by molar-refractivity contribution is 5.91. The van der Waals surface area contributed by atoms with Crippen LogP contribution in [0.5, 0.6) is 0 Å². The first-order valence-corrected chi connectivity index (χ1v) is 15.8. The number of morpholine rings is 1. The third kappa shape index (κ3) is 9.21. The van der Waals surface area contributed by atoms with Crippen molar-refractivity contribution in [2.75, 3.05) is 96.9 Å². The lowest BCUT2D eigenvalue weighted by Gasteiger charge is -2.34. The molecule has 2 fully saturated rings. The van der Waals surface area contributed by atoms with Crippen LogP contribution in [0.1, 0.15) is 11.1 Å². The largest absolute Gasteiger partial charge is 0.417 e. The van der Waals surface area contributed by atoms with Crippen LogP contribution in [0.15, 0.2) is 36.7 Å². The maximum absolute atomic E-state index is 14.3. The van der Waals surface area contributed by atoms with Gasteiger partial charge in [-0.2, -0.15) is 13.2 Å². The highest BCUT2D eigenvalue weighted by Gasteiger charge is 2.36. The standard InChI is InChI=1S/C31H40F3N11O4/c1-35-30(48)38-25-16-23(31(32,33)34)22(17-36-25)28-39-29(44-11-13-49-14-12-44)24-15-21(20-45(24)40-28)19-42-7-9-43(10-8-42)27(47)18-37-26(46)5-4-6-41(2)3/h4-5,15-17,20H,6-14,18-19H2,1-3H3,(H,37,46)(H2,35,36,38,48)/b5-4+. The van der Waals surface area contributed by atoms with Crippen molar-refractivity contribution in [3.05, 3.63) is 47.8 Å². The quantitative estimate of drug-likeness (QED) is 0.266. The van der Waals surface area contributed by atoms with Crippen molar-refractivity contribution < 1.29 is 32.3 Å². The highest BCUT2D eigenvalue weighted by atomic mass is 19.4. The normalized spacial score (nSPS) is 16.1. The lowest BCUT2D eigenvalue weighted by molar-refractivity contribution is -0.137. The molecular weight excluding hydrogens is 647 g/mol. The van der Waals surface area contributed by atoms with Crippen molar-refractivity contribution >= 4 is 35.0 Å². The minimum atomic E-state index is -4.78. The van der Waals surface area contributed by atoms with Gasteiger partial charge in [-0.1, -0.05) is 6.08 Å². The molecule has 0 atom stereocenters. The second-order valence-corrected chi connectivity index (χ2v) is 11.9. The van der Waals surface area contributed by atoms with Crippen molar-refractivity contribution in [3.8, 4) is 11.4 Å². The molecule has 0 bridgehead atoms. The number of pyridine rings is 1. The van der Waals surface area contributed by atoms with Crippen LogP contribution in [0.2, 0.25) is 0 Å². The molecule has 2 aliphatic rings. The van der Waals surface area contributed by atoms with E-state index in [0.717, 1.165) is 17.8 Å². The van der Waals surface area contributed by atoms with Crippen molar-refractivity contribution in [2.45, 2.75) is 12.7 Å². The van der Waals surface area contributed by atoms with E-state index in [1.54, 1.807) is 17.2 Å². The van der Waals surface area contributed by atoms with Crippen LogP contribution in [-0.2, 0) is 27.0 Å². The number of rotatable bonds is 10. The van der Waals surface area contributed by atoms with Gasteiger partial charge >= 0.3 is 12.2 Å². The number of nitrogens with one attached hydrogen (secondary N) is 3. The molecule has 0 saturated carbocycles. The van der Waals surface area contributed by atoms with Crippen LogP contribution in [-0.4, -0.2) is 139 Å². The Kier molecular flexibility index (Phi) is 11.3. The van der Waals surface area contributed by atoms with Gasteiger partial charge in [0.15, 0.2) is 11.6 Å². The maximum atomic E-state index is 14.3. The van der Waals surface area contributed by atoms with Crippen LogP contribution in [0, 0.1) is 0 Å². The number of anilines is 2. The number of urea groups is 1. The van der Waals surface area contributed by atoms with E-state index in [9.17, 15) is 27.6 Å². The number of carbonyl (C=O) groups excluding carboxylic acids is 3. The average molecular weight is 688 g/mol. The third-order valence-corrected chi connectivity index (χ3v) is 8.01. The summed E-state index contributed by atoms with van der Waals surface area (Å²) in [5, 5.41) is 11.7. The summed E-state index contributed by atoms with van der Waals surface area (Å²) in [6.07, 6.45) is 1.14. The summed E-state index contributed by atoms with van der Waals surface area (Å²) in [6.45, 7) is 5.08. The van der Waals surface area contributed by atoms with E-state index < -0.39 is 17.8 Å². The minimum Gasteiger partial charge on any atom is -0.378 e. The molecule has 0 radical (unpaired) electrons. The SMILES string of the molecule is CNC(=O)Nc1cc(C(F)(F)F)c(-c2nc(N3CCOCC3)c3cc(CN4CCN(C(=O)CNC(=O)/C=C/CN(C)C)CC4)cn3n2)cn1. The smallest absolute Gasteiger partial charge is 0.378 e. The average Bonchev–Trinajstić information content (AvgIpc) is 3.49. The van der Waals surface area contributed by atoms with E-state index in [4.69, 9.17) is 4.74 Å². The van der Waals surface area contributed by atoms with E-state index in [0.29, 0.717) is 76.9 Å². The fourth-order valence-corrected chi connectivity index (χ4v) is 5.48. The zero-order chi connectivity index (χ0) is 35.1. The summed E-state index contributed by atoms with van der Waals surface area (Å²) in [6, 6.07) is 1.97. The molecule has 15 nitrogen and oxygen atoms in total. The van der Waals surface area contributed by atoms with Crippen molar-refractivity contribution in [1.29, 1.82) is 0 Å². The first kappa shape index (κ1) is 35.5. The van der Waals surface area contributed by atoms with Crippen LogP contribution >= 0.6 is 0 Å². The Bertz CT molecular complexity index is 1680. The fraction of sp³-hybridized carbons (Fsp3) is 0.484. The summed E-state index contributed by atoms with van der Waals surface area (Å²) < 4.78 is 49.9. The van der Waals surface area contributed by atoms with Crippen molar-refractivity contribution in [2.24, 2.45) is 0 Å². The molecule has 0 spiro atoms. The van der Waals surface area contributed by atoms with Crippen LogP contribution in [0.4, 0.5) is 29.6 Å². The molecule has 49 heavy (non-hydrogen) atoms. The van der Waals surface area contributed by atoms with Gasteiger partial charge in [-0.25, -0.2) is 19.3 Å². The van der Waals surface area contributed by atoms with E-state index in [2.05, 4.69) is 35.9 Å². The number of likely N-dealkylation sites (N-methyl/N-ethyl adjacent to an activating group) is 1. The van der Waals surface area contributed by atoms with Crippen molar-refractivity contribution in [1.82, 2.24) is 44.9 Å². The second-order valence-electron chi connectivity index (χ2n) is 11.9. The van der Waals surface area contributed by atoms with Gasteiger partial charge in [0.2, 0.25) is 11.8 Å². The van der Waals surface area contributed by atoms with Crippen LogP contribution in [0.3, 0.4) is 0 Å². The van der Waals surface area contributed by atoms with E-state index in [-0.39, 0.29) is 35.6 Å². The Balaban J connectivity index is 1.33. The molecule has 0 aromatic carbocycles. The monoisotopic (exact) mass is 687 g/mol. The van der Waals surface area contributed by atoms with Gasteiger partial charge in [-0.3, -0.25) is 19.8 Å². The zero-order valence-corrected chi connectivity index (χ0v) is 27.6. The number of ether oxygens (including phenoxy) is 1. The van der Waals surface area contributed by atoms with Gasteiger partial charge in [0.05, 0.1) is 30.9 Å². The Hall–Kier alpha value is -4.81. The number of halogens is 3. The number of alkyl halides is 3. The second kappa shape index (κ2) is 15.6. The van der Waals surface area contributed by atoms with Gasteiger partial charge in [0.25, 0.3) is 0 Å². The Morgan fingerprint density at radius 2 is 1.80 bits per heavy atom. The molecule has 3 aromatic heterocycles. The summed E-state index contributed by atoms with van der Waals surface area (Å²) in [7, 11) is 5.13. The number of hydrogen-bond acceptors (Lipinski definition) is 10. The predicted octanol–water partition coefficient (Wildman–Crippen LogP) is 1.28. The van der Waals surface area contributed by atoms with Crippen LogP contribution < -0.4 is 20.9 Å². The first-order chi connectivity index (χ1) is 23.4. The van der Waals surface area contributed by atoms with Gasteiger partial charge < -0.3 is 30.1 Å². The number of fused-ring (bicyclic) bond motifs is 1. The van der Waals surface area contributed by atoms with Gasteiger partial charge in [0.1, 0.15) is 11.3 Å². The Morgan fingerprint density at radius 1 is 1.06 bits per heavy atom. The molecule has 5 rings (SSSR count). The molecule has 2 aliphatic heterocycles. The predicted molar refractivity (Wildman–Crippen MR) is 175 cm³/mol. The highest BCUT2D eigenvalue weighted by Crippen LogP contribution is 2.38. The summed E-state index contributed by atoms with van der Waals surface area (Å²) in [4.78, 5) is 52.8. The van der Waals surface area contributed by atoms with Gasteiger partial charge in [-0.15, -0.1) is 5.10 Å². The number of hydrogen-bond donors (Lipinski definition) is 3. The Labute approximate surface area is 281 Å². The van der Waals surface area contributed by atoms with E-state index >= 15 is 0 Å². The molecule has 4 amide bonds.